The molecule has 0 fully saturated rings. The Morgan fingerprint density at radius 3 is 2.11 bits per heavy atom. The predicted octanol–water partition coefficient (Wildman–Crippen LogP) is 3.59. The zero-order valence-electron chi connectivity index (χ0n) is 12.8. The van der Waals surface area contributed by atoms with E-state index in [0.717, 1.165) is 23.3 Å². The van der Waals surface area contributed by atoms with E-state index in [1.54, 1.807) is 20.8 Å². The summed E-state index contributed by atoms with van der Waals surface area (Å²) in [4.78, 5) is 11.9. The molecule has 0 aliphatic heterocycles. The fraction of sp³-hybridized carbons (Fsp3) is 0.562. The van der Waals surface area contributed by atoms with Crippen LogP contribution in [0.4, 0.5) is 0 Å². The fourth-order valence-corrected chi connectivity index (χ4v) is 2.01. The second-order valence-corrected chi connectivity index (χ2v) is 5.25. The van der Waals surface area contributed by atoms with E-state index in [1.165, 1.54) is 5.56 Å². The van der Waals surface area contributed by atoms with E-state index in [0.29, 0.717) is 6.61 Å². The van der Waals surface area contributed by atoms with Crippen LogP contribution in [0.3, 0.4) is 0 Å². The Labute approximate surface area is 115 Å². The largest absolute Gasteiger partial charge is 0.476 e. The Morgan fingerprint density at radius 1 is 1.16 bits per heavy atom. The molecule has 0 aromatic heterocycles. The molecule has 19 heavy (non-hydrogen) atoms. The highest BCUT2D eigenvalue weighted by molar-refractivity contribution is 5.79. The van der Waals surface area contributed by atoms with Gasteiger partial charge in [-0.05, 0) is 57.7 Å². The van der Waals surface area contributed by atoms with Crippen molar-refractivity contribution in [2.24, 2.45) is 0 Å². The van der Waals surface area contributed by atoms with Crippen LogP contribution in [0.5, 0.6) is 5.75 Å². The quantitative estimate of drug-likeness (QED) is 0.762. The van der Waals surface area contributed by atoms with E-state index in [9.17, 15) is 4.79 Å². The van der Waals surface area contributed by atoms with Crippen LogP contribution in [0.25, 0.3) is 0 Å². The molecule has 0 N–H and O–H groups in total. The van der Waals surface area contributed by atoms with Crippen LogP contribution in [-0.2, 0) is 16.0 Å². The molecule has 1 aromatic rings. The number of esters is 1. The van der Waals surface area contributed by atoms with Crippen LogP contribution < -0.4 is 4.74 Å². The SMILES string of the molecule is CCOC(=O)C(C)(C)Oc1c(C)cc(CC)cc1C. The van der Waals surface area contributed by atoms with Gasteiger partial charge in [0.15, 0.2) is 5.60 Å². The zero-order valence-corrected chi connectivity index (χ0v) is 12.8. The van der Waals surface area contributed by atoms with Gasteiger partial charge < -0.3 is 9.47 Å². The Morgan fingerprint density at radius 2 is 1.68 bits per heavy atom. The Bertz CT molecular complexity index is 438. The van der Waals surface area contributed by atoms with Crippen molar-refractivity contribution < 1.29 is 14.3 Å². The molecule has 1 rings (SSSR count). The molecule has 3 nitrogen and oxygen atoms in total. The van der Waals surface area contributed by atoms with Crippen LogP contribution in [0, 0.1) is 13.8 Å². The molecule has 3 heteroatoms. The van der Waals surface area contributed by atoms with Crippen LogP contribution in [0.15, 0.2) is 12.1 Å². The van der Waals surface area contributed by atoms with Gasteiger partial charge in [-0.3, -0.25) is 0 Å². The molecule has 0 spiro atoms. The van der Waals surface area contributed by atoms with Crippen LogP contribution >= 0.6 is 0 Å². The van der Waals surface area contributed by atoms with Crippen molar-refractivity contribution >= 4 is 5.97 Å². The van der Waals surface area contributed by atoms with Crippen molar-refractivity contribution in [3.8, 4) is 5.75 Å². The number of hydrogen-bond donors (Lipinski definition) is 0. The molecule has 0 heterocycles. The Hall–Kier alpha value is -1.51. The lowest BCUT2D eigenvalue weighted by Crippen LogP contribution is -2.40. The van der Waals surface area contributed by atoms with Gasteiger partial charge in [-0.2, -0.15) is 0 Å². The first-order chi connectivity index (χ1) is 8.81. The van der Waals surface area contributed by atoms with E-state index < -0.39 is 5.60 Å². The maximum absolute atomic E-state index is 11.9. The molecule has 1 aromatic carbocycles. The fourth-order valence-electron chi connectivity index (χ4n) is 2.01. The van der Waals surface area contributed by atoms with Gasteiger partial charge in [-0.25, -0.2) is 4.79 Å². The maximum atomic E-state index is 11.9. The summed E-state index contributed by atoms with van der Waals surface area (Å²) in [6.07, 6.45) is 0.989. The maximum Gasteiger partial charge on any atom is 0.349 e. The highest BCUT2D eigenvalue weighted by Crippen LogP contribution is 2.29. The first-order valence-corrected chi connectivity index (χ1v) is 6.78. The van der Waals surface area contributed by atoms with Gasteiger partial charge in [0.1, 0.15) is 5.75 Å². The molecular weight excluding hydrogens is 240 g/mol. The van der Waals surface area contributed by atoms with E-state index in [2.05, 4.69) is 19.1 Å². The molecule has 0 atom stereocenters. The summed E-state index contributed by atoms with van der Waals surface area (Å²) in [5.74, 6) is 0.434. The second-order valence-electron chi connectivity index (χ2n) is 5.25. The van der Waals surface area contributed by atoms with Gasteiger partial charge in [-0.1, -0.05) is 19.1 Å². The Kier molecular flexibility index (Phi) is 4.98. The van der Waals surface area contributed by atoms with Crippen LogP contribution in [0.1, 0.15) is 44.4 Å². The Balaban J connectivity index is 3.02. The summed E-state index contributed by atoms with van der Waals surface area (Å²) in [6.45, 7) is 11.7. The van der Waals surface area contributed by atoms with Crippen molar-refractivity contribution in [3.63, 3.8) is 0 Å². The topological polar surface area (TPSA) is 35.5 Å². The van der Waals surface area contributed by atoms with E-state index in [4.69, 9.17) is 9.47 Å². The third-order valence-electron chi connectivity index (χ3n) is 3.05. The lowest BCUT2D eigenvalue weighted by Gasteiger charge is -2.26. The van der Waals surface area contributed by atoms with Gasteiger partial charge in [0, 0.05) is 0 Å². The molecule has 0 unspecified atom stereocenters. The molecule has 0 aliphatic rings. The third kappa shape index (κ3) is 3.72. The first kappa shape index (κ1) is 15.5. The number of rotatable bonds is 5. The number of ether oxygens (including phenoxy) is 2. The van der Waals surface area contributed by atoms with Gasteiger partial charge in [-0.15, -0.1) is 0 Å². The minimum Gasteiger partial charge on any atom is -0.476 e. The molecule has 0 radical (unpaired) electrons. The highest BCUT2D eigenvalue weighted by Gasteiger charge is 2.32. The van der Waals surface area contributed by atoms with Gasteiger partial charge in [0.25, 0.3) is 0 Å². The van der Waals surface area contributed by atoms with Crippen molar-refractivity contribution in [1.29, 1.82) is 0 Å². The first-order valence-electron chi connectivity index (χ1n) is 6.78. The van der Waals surface area contributed by atoms with Gasteiger partial charge >= 0.3 is 5.97 Å². The molecule has 0 saturated heterocycles. The molecule has 106 valence electrons. The van der Waals surface area contributed by atoms with Crippen molar-refractivity contribution in [2.45, 2.75) is 53.6 Å². The summed E-state index contributed by atoms with van der Waals surface area (Å²) < 4.78 is 10.9. The summed E-state index contributed by atoms with van der Waals surface area (Å²) in [7, 11) is 0. The van der Waals surface area contributed by atoms with E-state index >= 15 is 0 Å². The molecule has 0 bridgehead atoms. The van der Waals surface area contributed by atoms with Crippen molar-refractivity contribution in [1.82, 2.24) is 0 Å². The summed E-state index contributed by atoms with van der Waals surface area (Å²) in [6, 6.07) is 4.20. The standard InChI is InChI=1S/C16H24O3/c1-7-13-9-11(3)14(12(4)10-13)19-16(5,6)15(17)18-8-2/h9-10H,7-8H2,1-6H3. The van der Waals surface area contributed by atoms with Crippen molar-refractivity contribution in [3.05, 3.63) is 28.8 Å². The minimum absolute atomic E-state index is 0.339. The second kappa shape index (κ2) is 6.09. The molecule has 0 aliphatic carbocycles. The molecule has 0 saturated carbocycles. The number of aryl methyl sites for hydroxylation is 3. The predicted molar refractivity (Wildman–Crippen MR) is 76.6 cm³/mol. The van der Waals surface area contributed by atoms with Gasteiger partial charge in [0.05, 0.1) is 6.61 Å². The van der Waals surface area contributed by atoms with Crippen molar-refractivity contribution in [2.75, 3.05) is 6.61 Å². The van der Waals surface area contributed by atoms with E-state index in [1.807, 2.05) is 13.8 Å². The number of carbonyl (C=O) groups excluding carboxylic acids is 1. The smallest absolute Gasteiger partial charge is 0.349 e. The van der Waals surface area contributed by atoms with E-state index in [-0.39, 0.29) is 5.97 Å². The lowest BCUT2D eigenvalue weighted by atomic mass is 10.0. The summed E-state index contributed by atoms with van der Waals surface area (Å²) in [5, 5.41) is 0. The number of hydrogen-bond acceptors (Lipinski definition) is 3. The highest BCUT2D eigenvalue weighted by atomic mass is 16.6. The summed E-state index contributed by atoms with van der Waals surface area (Å²) >= 11 is 0. The normalized spacial score (nSPS) is 11.3. The van der Waals surface area contributed by atoms with Gasteiger partial charge in [0.2, 0.25) is 0 Å². The third-order valence-corrected chi connectivity index (χ3v) is 3.05. The van der Waals surface area contributed by atoms with Crippen LogP contribution in [0.2, 0.25) is 0 Å². The zero-order chi connectivity index (χ0) is 14.6. The monoisotopic (exact) mass is 264 g/mol. The molecule has 0 amide bonds. The minimum atomic E-state index is -0.973. The average Bonchev–Trinajstić information content (AvgIpc) is 2.33. The number of benzene rings is 1. The lowest BCUT2D eigenvalue weighted by molar-refractivity contribution is -0.158. The van der Waals surface area contributed by atoms with Crippen LogP contribution in [-0.4, -0.2) is 18.2 Å². The number of carbonyl (C=O) groups is 1. The average molecular weight is 264 g/mol. The molecular formula is C16H24O3. The summed E-state index contributed by atoms with van der Waals surface area (Å²) in [5.41, 5.74) is 2.40.